The Kier molecular flexibility index (Phi) is 30.3. The quantitative estimate of drug-likeness (QED) is 0.0942. The molecule has 0 amide bonds. The van der Waals surface area contributed by atoms with Crippen LogP contribution in [-0.2, 0) is 50.3 Å². The third-order valence-corrected chi connectivity index (χ3v) is 11.1. The Labute approximate surface area is 483 Å². The van der Waals surface area contributed by atoms with E-state index in [1.807, 2.05) is 154 Å². The van der Waals surface area contributed by atoms with Gasteiger partial charge in [0.1, 0.15) is 0 Å². The van der Waals surface area contributed by atoms with Crippen molar-refractivity contribution in [2.75, 3.05) is 14.2 Å². The molecule has 4 heterocycles. The first-order chi connectivity index (χ1) is 36.7. The van der Waals surface area contributed by atoms with Gasteiger partial charge in [-0.25, -0.2) is 8.42 Å². The SMILES string of the molecule is CO.CO.Cc1cccc(-c2[c-]cccc2)n1.Cc1cccc(-c2[c-]cccc2)n1.Cc1ccccc1-c1ccnc(-c2[c-]cccc2)c1.Cc1ccccc1-c1ccnc(-c2ccccc2)c1.O=S(=O)([O-])C(F)(F)F.[Ir].[Ir]. The molecule has 0 aliphatic carbocycles. The van der Waals surface area contributed by atoms with Crippen molar-refractivity contribution in [2.45, 2.75) is 33.2 Å². The van der Waals surface area contributed by atoms with Crippen LogP contribution in [0.3, 0.4) is 0 Å². The maximum absolute atomic E-state index is 10.7. The fourth-order valence-corrected chi connectivity index (χ4v) is 6.95. The van der Waals surface area contributed by atoms with E-state index < -0.39 is 15.6 Å². The molecule has 0 aliphatic heterocycles. The first kappa shape index (κ1) is 66.9. The minimum absolute atomic E-state index is 0. The van der Waals surface area contributed by atoms with E-state index in [0.29, 0.717) is 0 Å². The topological polar surface area (TPSA) is 149 Å². The van der Waals surface area contributed by atoms with E-state index in [-0.39, 0.29) is 40.2 Å². The summed E-state index contributed by atoms with van der Waals surface area (Å²) in [6, 6.07) is 80.7. The van der Waals surface area contributed by atoms with Gasteiger partial charge in [-0.05, 0) is 108 Å². The van der Waals surface area contributed by atoms with Crippen molar-refractivity contribution in [1.82, 2.24) is 19.9 Å². The second-order valence-corrected chi connectivity index (χ2v) is 17.3. The van der Waals surface area contributed by atoms with Crippen LogP contribution in [0.5, 0.6) is 0 Å². The number of aromatic nitrogens is 4. The monoisotopic (exact) mass is 1420 g/mol. The average molecular weight is 1420 g/mol. The van der Waals surface area contributed by atoms with Gasteiger partial charge in [-0.2, -0.15) is 13.2 Å². The molecule has 4 aromatic heterocycles. The van der Waals surface area contributed by atoms with Crippen LogP contribution in [-0.4, -0.2) is 62.8 Å². The number of aliphatic hydroxyl groups excluding tert-OH is 2. The summed E-state index contributed by atoms with van der Waals surface area (Å²) in [7, 11) is -4.09. The summed E-state index contributed by atoms with van der Waals surface area (Å²) in [5.74, 6) is 0. The van der Waals surface area contributed by atoms with Crippen LogP contribution < -0.4 is 0 Å². The molecule has 6 aromatic carbocycles. The van der Waals surface area contributed by atoms with Crippen molar-refractivity contribution in [1.29, 1.82) is 0 Å². The number of halogens is 3. The molecule has 0 spiro atoms. The van der Waals surface area contributed by atoms with Crippen molar-refractivity contribution in [3.63, 3.8) is 0 Å². The zero-order chi connectivity index (χ0) is 55.4. The van der Waals surface area contributed by atoms with Gasteiger partial charge in [-0.15, -0.1) is 108 Å². The third kappa shape index (κ3) is 22.1. The first-order valence-electron chi connectivity index (χ1n) is 23.5. The van der Waals surface area contributed by atoms with Gasteiger partial charge in [0.25, 0.3) is 0 Å². The van der Waals surface area contributed by atoms with Crippen LogP contribution in [0.2, 0.25) is 0 Å². The summed E-state index contributed by atoms with van der Waals surface area (Å²) < 4.78 is 58.9. The molecule has 0 saturated carbocycles. The van der Waals surface area contributed by atoms with E-state index in [9.17, 15) is 13.2 Å². The molecule has 0 atom stereocenters. The van der Waals surface area contributed by atoms with E-state index >= 15 is 0 Å². The van der Waals surface area contributed by atoms with E-state index in [2.05, 4.69) is 137 Å². The van der Waals surface area contributed by atoms with Gasteiger partial charge < -0.3 is 29.7 Å². The second kappa shape index (κ2) is 35.3. The standard InChI is InChI=1S/C18H15N.C18H14N.2C12H10N.CHF3O3S.2CH4O.2Ir/c2*1-14-7-5-6-10-17(14)16-11-12-19-18(13-16)15-8-3-2-4-9-15;2*1-10-6-5-9-12(13-10)11-7-3-2-4-8-11;2-1(3,4)8(5,6)7;2*1-2;;/h2-13H,1H3;2-8,10-13H,1H3;2*2-7,9H,1H3;(H,5,6,7);2*2H,1H3;;/q;3*-1;;;;;/p-1. The predicted octanol–water partition coefficient (Wildman–Crippen LogP) is 14.2. The Bertz CT molecular complexity index is 3180. The number of aliphatic hydroxyl groups is 2. The summed E-state index contributed by atoms with van der Waals surface area (Å²) in [5.41, 5.74) is 12.1. The van der Waals surface area contributed by atoms with Crippen LogP contribution >= 0.6 is 0 Å². The Balaban J connectivity index is 0.000000334. The number of aryl methyl sites for hydroxylation is 4. The molecule has 408 valence electrons. The zero-order valence-electron chi connectivity index (χ0n) is 43.5. The van der Waals surface area contributed by atoms with E-state index in [1.165, 1.54) is 33.4 Å². The van der Waals surface area contributed by atoms with Crippen LogP contribution in [0.1, 0.15) is 22.5 Å². The van der Waals surface area contributed by atoms with E-state index in [1.54, 1.807) is 0 Å². The van der Waals surface area contributed by atoms with Gasteiger partial charge >= 0.3 is 5.51 Å². The summed E-state index contributed by atoms with van der Waals surface area (Å²) >= 11 is 0. The van der Waals surface area contributed by atoms with Crippen molar-refractivity contribution in [2.24, 2.45) is 0 Å². The molecule has 0 aliphatic rings. The summed E-state index contributed by atoms with van der Waals surface area (Å²) in [4.78, 5) is 17.7. The van der Waals surface area contributed by atoms with Crippen LogP contribution in [0.15, 0.2) is 225 Å². The molecule has 2 radical (unpaired) electrons. The molecule has 0 bridgehead atoms. The molecular formula is C63H57F3Ir2N4O5S-4. The van der Waals surface area contributed by atoms with E-state index in [4.69, 9.17) is 23.2 Å². The summed E-state index contributed by atoms with van der Waals surface area (Å²) in [6.45, 7) is 8.25. The number of alkyl halides is 3. The number of nitrogens with zero attached hydrogens (tertiary/aromatic N) is 4. The first-order valence-corrected chi connectivity index (χ1v) is 24.9. The molecule has 2 N–H and O–H groups in total. The molecule has 0 saturated heterocycles. The number of hydrogen-bond acceptors (Lipinski definition) is 9. The fraction of sp³-hybridized carbons (Fsp3) is 0.111. The Morgan fingerprint density at radius 2 is 0.769 bits per heavy atom. The molecule has 10 rings (SSSR count). The largest absolute Gasteiger partial charge is 0.741 e. The average Bonchev–Trinajstić information content (AvgIpc) is 3.47. The molecule has 0 fully saturated rings. The van der Waals surface area contributed by atoms with Crippen molar-refractivity contribution in [3.05, 3.63) is 265 Å². The maximum Gasteiger partial charge on any atom is 0.485 e. The van der Waals surface area contributed by atoms with Crippen LogP contribution in [0, 0.1) is 45.9 Å². The molecule has 78 heavy (non-hydrogen) atoms. The molecule has 10 aromatic rings. The van der Waals surface area contributed by atoms with Crippen LogP contribution in [0.25, 0.3) is 67.3 Å². The van der Waals surface area contributed by atoms with Crippen LogP contribution in [0.4, 0.5) is 13.2 Å². The molecule has 9 nitrogen and oxygen atoms in total. The van der Waals surface area contributed by atoms with Crippen molar-refractivity contribution >= 4 is 10.1 Å². The Hall–Kier alpha value is -7.16. The van der Waals surface area contributed by atoms with Gasteiger partial charge in [0.15, 0.2) is 10.1 Å². The maximum atomic E-state index is 10.7. The predicted molar refractivity (Wildman–Crippen MR) is 297 cm³/mol. The third-order valence-electron chi connectivity index (χ3n) is 10.5. The van der Waals surface area contributed by atoms with Crippen molar-refractivity contribution < 1.29 is 76.6 Å². The Morgan fingerprint density at radius 3 is 1.13 bits per heavy atom. The second-order valence-electron chi connectivity index (χ2n) is 15.9. The fourth-order valence-electron chi connectivity index (χ4n) is 6.95. The minimum Gasteiger partial charge on any atom is -0.741 e. The summed E-state index contributed by atoms with van der Waals surface area (Å²) in [6.07, 6.45) is 3.74. The van der Waals surface area contributed by atoms with Gasteiger partial charge in [0, 0.05) is 83.8 Å². The number of rotatable bonds is 6. The van der Waals surface area contributed by atoms with Gasteiger partial charge in [-0.3, -0.25) is 4.98 Å². The van der Waals surface area contributed by atoms with Gasteiger partial charge in [-0.1, -0.05) is 109 Å². The van der Waals surface area contributed by atoms with Crippen molar-refractivity contribution in [3.8, 4) is 67.3 Å². The Morgan fingerprint density at radius 1 is 0.423 bits per heavy atom. The van der Waals surface area contributed by atoms with E-state index in [0.717, 1.165) is 70.6 Å². The smallest absolute Gasteiger partial charge is 0.485 e. The number of benzene rings is 6. The normalized spacial score (nSPS) is 9.95. The molecular weight excluding hydrogens is 1370 g/mol. The molecule has 0 unspecified atom stereocenters. The minimum atomic E-state index is -6.09. The zero-order valence-corrected chi connectivity index (χ0v) is 49.1. The molecule has 15 heteroatoms. The van der Waals surface area contributed by atoms with Gasteiger partial charge in [0.05, 0.1) is 5.69 Å². The summed E-state index contributed by atoms with van der Waals surface area (Å²) in [5, 5.41) is 14.0. The van der Waals surface area contributed by atoms with Gasteiger partial charge in [0.2, 0.25) is 0 Å². The number of hydrogen-bond donors (Lipinski definition) is 2. The number of pyridine rings is 4.